The summed E-state index contributed by atoms with van der Waals surface area (Å²) in [6, 6.07) is -1.74. The second-order valence-corrected chi connectivity index (χ2v) is 11.1. The van der Waals surface area contributed by atoms with E-state index in [1.54, 1.807) is 0 Å². The van der Waals surface area contributed by atoms with Gasteiger partial charge in [-0.3, -0.25) is 34.6 Å². The molecule has 3 aliphatic carbocycles. The highest BCUT2D eigenvalue weighted by atomic mass is 16.6. The third kappa shape index (κ3) is 8.06. The van der Waals surface area contributed by atoms with Crippen molar-refractivity contribution in [3.8, 4) is 0 Å². The standard InChI is InChI=1S/C24H38N4O10/c29-22(19-8-7-18(28(36)37)10-21(19)24(32)33)25-11-14-1-3-15(4-2-14)12-26-38-13-16-5-6-17(27(34)35)9-20(16)23(30)31/h14-21,26H,1-13H2,(H,25,29)(H,30,31)(H,32,33). The van der Waals surface area contributed by atoms with E-state index in [-0.39, 0.29) is 50.0 Å². The lowest BCUT2D eigenvalue weighted by Crippen LogP contribution is -2.45. The van der Waals surface area contributed by atoms with Gasteiger partial charge in [0, 0.05) is 48.6 Å². The van der Waals surface area contributed by atoms with Crippen LogP contribution in [0.5, 0.6) is 0 Å². The zero-order valence-corrected chi connectivity index (χ0v) is 21.4. The minimum Gasteiger partial charge on any atom is -0.481 e. The Labute approximate surface area is 220 Å². The van der Waals surface area contributed by atoms with Gasteiger partial charge in [-0.2, -0.15) is 0 Å². The Morgan fingerprint density at radius 1 is 0.737 bits per heavy atom. The summed E-state index contributed by atoms with van der Waals surface area (Å²) in [5.41, 5.74) is 2.93. The number of hydrogen-bond donors (Lipinski definition) is 4. The van der Waals surface area contributed by atoms with Crippen molar-refractivity contribution in [3.63, 3.8) is 0 Å². The summed E-state index contributed by atoms with van der Waals surface area (Å²) in [7, 11) is 0. The SMILES string of the molecule is O=C(O)C1CC([N+](=O)[O-])CCC1CONCC1CCC(CNC(=O)C2CCC([N+](=O)[O-])CC2C(=O)O)CC1. The minimum atomic E-state index is -1.17. The first kappa shape index (κ1) is 29.7. The molecule has 3 saturated carbocycles. The van der Waals surface area contributed by atoms with Crippen LogP contribution < -0.4 is 10.8 Å². The van der Waals surface area contributed by atoms with Crippen LogP contribution in [0, 0.1) is 55.7 Å². The minimum absolute atomic E-state index is 0.0218. The number of carbonyl (C=O) groups excluding carboxylic acids is 1. The quantitative estimate of drug-likeness (QED) is 0.158. The molecule has 214 valence electrons. The molecule has 0 aromatic rings. The van der Waals surface area contributed by atoms with Crippen LogP contribution >= 0.6 is 0 Å². The predicted molar refractivity (Wildman–Crippen MR) is 131 cm³/mol. The first-order chi connectivity index (χ1) is 18.1. The average molecular weight is 543 g/mol. The van der Waals surface area contributed by atoms with Crippen LogP contribution in [0.15, 0.2) is 0 Å². The van der Waals surface area contributed by atoms with Gasteiger partial charge in [-0.05, 0) is 56.3 Å². The van der Waals surface area contributed by atoms with E-state index in [2.05, 4.69) is 10.8 Å². The molecule has 0 saturated heterocycles. The average Bonchev–Trinajstić information content (AvgIpc) is 2.89. The number of nitro groups is 2. The summed E-state index contributed by atoms with van der Waals surface area (Å²) in [6.07, 6.45) is 4.66. The molecule has 0 bridgehead atoms. The molecule has 0 spiro atoms. The number of carboxylic acid groups (broad SMARTS) is 2. The van der Waals surface area contributed by atoms with Crippen molar-refractivity contribution in [3.05, 3.63) is 20.2 Å². The van der Waals surface area contributed by atoms with Gasteiger partial charge in [-0.15, -0.1) is 0 Å². The first-order valence-electron chi connectivity index (χ1n) is 13.4. The van der Waals surface area contributed by atoms with Crippen molar-refractivity contribution in [2.24, 2.45) is 35.5 Å². The van der Waals surface area contributed by atoms with Gasteiger partial charge in [0.2, 0.25) is 18.0 Å². The maximum Gasteiger partial charge on any atom is 0.307 e. The third-order valence-electron chi connectivity index (χ3n) is 8.66. The van der Waals surface area contributed by atoms with Crippen LogP contribution in [0.3, 0.4) is 0 Å². The Balaban J connectivity index is 1.32. The molecule has 6 unspecified atom stereocenters. The zero-order chi connectivity index (χ0) is 27.8. The summed E-state index contributed by atoms with van der Waals surface area (Å²) in [4.78, 5) is 62.5. The second kappa shape index (κ2) is 13.8. The van der Waals surface area contributed by atoms with Crippen LogP contribution in [-0.4, -0.2) is 69.7 Å². The van der Waals surface area contributed by atoms with E-state index in [0.29, 0.717) is 31.8 Å². The summed E-state index contributed by atoms with van der Waals surface area (Å²) in [5, 5.41) is 43.8. The molecule has 14 heteroatoms. The van der Waals surface area contributed by atoms with E-state index in [1.807, 2.05) is 0 Å². The van der Waals surface area contributed by atoms with Gasteiger partial charge in [0.05, 0.1) is 24.4 Å². The van der Waals surface area contributed by atoms with Gasteiger partial charge >= 0.3 is 11.9 Å². The number of amides is 1. The maximum atomic E-state index is 12.7. The van der Waals surface area contributed by atoms with E-state index in [9.17, 15) is 44.8 Å². The van der Waals surface area contributed by atoms with Gasteiger partial charge in [-0.1, -0.05) is 0 Å². The molecule has 3 aliphatic rings. The Kier molecular flexibility index (Phi) is 10.8. The molecule has 0 radical (unpaired) electrons. The highest BCUT2D eigenvalue weighted by molar-refractivity contribution is 5.85. The number of carbonyl (C=O) groups is 3. The fourth-order valence-electron chi connectivity index (χ4n) is 6.19. The summed E-state index contributed by atoms with van der Waals surface area (Å²) < 4.78 is 0. The predicted octanol–water partition coefficient (Wildman–Crippen LogP) is 1.72. The van der Waals surface area contributed by atoms with Crippen LogP contribution in [0.4, 0.5) is 0 Å². The van der Waals surface area contributed by atoms with Crippen LogP contribution in [0.1, 0.15) is 64.2 Å². The van der Waals surface area contributed by atoms with E-state index in [1.165, 1.54) is 0 Å². The monoisotopic (exact) mass is 542 g/mol. The van der Waals surface area contributed by atoms with Crippen LogP contribution in [0.2, 0.25) is 0 Å². The molecule has 1 amide bonds. The van der Waals surface area contributed by atoms with Gasteiger partial charge in [0.1, 0.15) is 0 Å². The van der Waals surface area contributed by atoms with E-state index in [4.69, 9.17) is 4.84 Å². The van der Waals surface area contributed by atoms with Crippen molar-refractivity contribution in [1.29, 1.82) is 0 Å². The van der Waals surface area contributed by atoms with Crippen LogP contribution in [0.25, 0.3) is 0 Å². The number of rotatable bonds is 12. The number of hydrogen-bond acceptors (Lipinski definition) is 9. The molecule has 0 aromatic heterocycles. The van der Waals surface area contributed by atoms with E-state index >= 15 is 0 Å². The number of aliphatic carboxylic acids is 2. The number of nitrogens with one attached hydrogen (secondary N) is 2. The Morgan fingerprint density at radius 3 is 1.82 bits per heavy atom. The first-order valence-corrected chi connectivity index (χ1v) is 13.4. The van der Waals surface area contributed by atoms with Gasteiger partial charge in [-0.25, -0.2) is 5.48 Å². The molecule has 14 nitrogen and oxygen atoms in total. The fraction of sp³-hybridized carbons (Fsp3) is 0.875. The van der Waals surface area contributed by atoms with Gasteiger partial charge in [0.25, 0.3) is 0 Å². The number of hydroxylamine groups is 1. The van der Waals surface area contributed by atoms with Crippen molar-refractivity contribution in [2.45, 2.75) is 76.3 Å². The number of nitrogens with zero attached hydrogens (tertiary/aromatic N) is 2. The molecular weight excluding hydrogens is 504 g/mol. The molecule has 0 heterocycles. The summed E-state index contributed by atoms with van der Waals surface area (Å²) >= 11 is 0. The Bertz CT molecular complexity index is 878. The molecule has 3 fully saturated rings. The van der Waals surface area contributed by atoms with E-state index < -0.39 is 51.6 Å². The zero-order valence-electron chi connectivity index (χ0n) is 21.4. The highest BCUT2D eigenvalue weighted by Crippen LogP contribution is 2.34. The van der Waals surface area contributed by atoms with Crippen molar-refractivity contribution in [2.75, 3.05) is 19.7 Å². The largest absolute Gasteiger partial charge is 0.481 e. The summed E-state index contributed by atoms with van der Waals surface area (Å²) in [5.74, 6) is -4.78. The van der Waals surface area contributed by atoms with Gasteiger partial charge < -0.3 is 20.4 Å². The number of carboxylic acids is 2. The molecular formula is C24H38N4O10. The Morgan fingerprint density at radius 2 is 1.26 bits per heavy atom. The van der Waals surface area contributed by atoms with Crippen molar-refractivity contribution in [1.82, 2.24) is 10.8 Å². The van der Waals surface area contributed by atoms with Gasteiger partial charge in [0.15, 0.2) is 0 Å². The highest BCUT2D eigenvalue weighted by Gasteiger charge is 2.43. The molecule has 3 rings (SSSR count). The molecule has 0 aliphatic heterocycles. The van der Waals surface area contributed by atoms with E-state index in [0.717, 1.165) is 25.7 Å². The van der Waals surface area contributed by atoms with Crippen LogP contribution in [-0.2, 0) is 19.2 Å². The molecule has 38 heavy (non-hydrogen) atoms. The molecule has 6 atom stereocenters. The lowest BCUT2D eigenvalue weighted by atomic mass is 9.76. The lowest BCUT2D eigenvalue weighted by Gasteiger charge is -2.32. The Hall–Kier alpha value is -2.87. The molecule has 0 aromatic carbocycles. The normalized spacial score (nSPS) is 33.7. The second-order valence-electron chi connectivity index (χ2n) is 11.1. The smallest absolute Gasteiger partial charge is 0.307 e. The lowest BCUT2D eigenvalue weighted by molar-refractivity contribution is -0.528. The third-order valence-corrected chi connectivity index (χ3v) is 8.66. The van der Waals surface area contributed by atoms with Crippen molar-refractivity contribution < 1.29 is 39.3 Å². The maximum absolute atomic E-state index is 12.7. The molecule has 4 N–H and O–H groups in total. The summed E-state index contributed by atoms with van der Waals surface area (Å²) in [6.45, 7) is 1.23. The van der Waals surface area contributed by atoms with Crippen molar-refractivity contribution >= 4 is 17.8 Å². The fourth-order valence-corrected chi connectivity index (χ4v) is 6.19. The topological polar surface area (TPSA) is 211 Å².